The van der Waals surface area contributed by atoms with E-state index in [1.807, 2.05) is 22.9 Å². The van der Waals surface area contributed by atoms with E-state index in [2.05, 4.69) is 52.2 Å². The van der Waals surface area contributed by atoms with Gasteiger partial charge in [0.15, 0.2) is 11.5 Å². The van der Waals surface area contributed by atoms with Crippen LogP contribution in [0.5, 0.6) is 11.5 Å². The van der Waals surface area contributed by atoms with Gasteiger partial charge in [-0.3, -0.25) is 0 Å². The number of fused-ring (bicyclic) bond motifs is 2. The van der Waals surface area contributed by atoms with Crippen LogP contribution in [0.25, 0.3) is 16.9 Å². The van der Waals surface area contributed by atoms with Gasteiger partial charge in [-0.25, -0.2) is 4.68 Å². The Morgan fingerprint density at radius 1 is 1.00 bits per heavy atom. The summed E-state index contributed by atoms with van der Waals surface area (Å²) >= 11 is 2.32. The molecule has 0 unspecified atom stereocenters. The van der Waals surface area contributed by atoms with E-state index in [1.54, 1.807) is 0 Å². The highest BCUT2D eigenvalue weighted by Crippen LogP contribution is 2.37. The molecule has 0 fully saturated rings. The Bertz CT molecular complexity index is 950. The molecule has 1 N–H and O–H groups in total. The van der Waals surface area contributed by atoms with E-state index in [4.69, 9.17) is 14.6 Å². The Balaban J connectivity index is 1.63. The lowest BCUT2D eigenvalue weighted by Gasteiger charge is -2.19. The van der Waals surface area contributed by atoms with Crippen molar-refractivity contribution >= 4 is 28.4 Å². The molecule has 0 saturated heterocycles. The molecule has 0 aliphatic carbocycles. The monoisotopic (exact) mass is 445 g/mol. The normalized spacial score (nSPS) is 14.9. The minimum absolute atomic E-state index is 0.583. The predicted octanol–water partition coefficient (Wildman–Crippen LogP) is 3.88. The van der Waals surface area contributed by atoms with Crippen LogP contribution < -0.4 is 14.8 Å². The van der Waals surface area contributed by atoms with Crippen molar-refractivity contribution in [3.8, 4) is 28.4 Å². The summed E-state index contributed by atoms with van der Waals surface area (Å²) in [5.41, 5.74) is 4.45. The van der Waals surface area contributed by atoms with Gasteiger partial charge in [0, 0.05) is 27.3 Å². The minimum Gasteiger partial charge on any atom is -0.486 e. The van der Waals surface area contributed by atoms with E-state index in [1.165, 1.54) is 9.13 Å². The average Bonchev–Trinajstić information content (AvgIpc) is 3.25. The van der Waals surface area contributed by atoms with Gasteiger partial charge in [0.1, 0.15) is 19.0 Å². The number of ether oxygens (including phenoxy) is 2. The van der Waals surface area contributed by atoms with Gasteiger partial charge in [0.05, 0.1) is 11.4 Å². The third-order valence-electron chi connectivity index (χ3n) is 4.54. The van der Waals surface area contributed by atoms with Crippen molar-refractivity contribution in [2.24, 2.45) is 0 Å². The molecule has 1 aromatic heterocycles. The summed E-state index contributed by atoms with van der Waals surface area (Å²) < 4.78 is 14.5. The summed E-state index contributed by atoms with van der Waals surface area (Å²) in [6.07, 6.45) is 0.987. The van der Waals surface area contributed by atoms with Crippen molar-refractivity contribution in [1.82, 2.24) is 9.78 Å². The summed E-state index contributed by atoms with van der Waals surface area (Å²) in [5, 5.41) is 8.38. The summed E-state index contributed by atoms with van der Waals surface area (Å²) in [5.74, 6) is 2.65. The number of anilines is 1. The quantitative estimate of drug-likeness (QED) is 0.609. The number of nitrogens with zero attached hydrogens (tertiary/aromatic N) is 2. The molecule has 126 valence electrons. The molecule has 0 spiro atoms. The fourth-order valence-corrected chi connectivity index (χ4v) is 3.72. The van der Waals surface area contributed by atoms with Crippen LogP contribution in [0.15, 0.2) is 42.5 Å². The molecule has 0 atom stereocenters. The first-order chi connectivity index (χ1) is 12.3. The molecule has 0 saturated carbocycles. The Labute approximate surface area is 159 Å². The number of hydrogen-bond donors (Lipinski definition) is 1. The van der Waals surface area contributed by atoms with Gasteiger partial charge >= 0.3 is 0 Å². The first-order valence-electron chi connectivity index (χ1n) is 8.31. The highest BCUT2D eigenvalue weighted by molar-refractivity contribution is 14.1. The van der Waals surface area contributed by atoms with Gasteiger partial charge in [0.2, 0.25) is 0 Å². The lowest BCUT2D eigenvalue weighted by atomic mass is 10.1. The maximum Gasteiger partial charge on any atom is 0.163 e. The van der Waals surface area contributed by atoms with Gasteiger partial charge in [0.25, 0.3) is 0 Å². The van der Waals surface area contributed by atoms with Crippen LogP contribution in [-0.4, -0.2) is 29.5 Å². The SMILES string of the molecule is Ic1ccc(-c2nn(-c3ccc4c(c3)OCCO4)c3c2CCN3)cc1. The molecule has 2 aliphatic heterocycles. The molecule has 2 aliphatic rings. The first-order valence-corrected chi connectivity index (χ1v) is 9.39. The maximum atomic E-state index is 5.72. The van der Waals surface area contributed by atoms with E-state index in [-0.39, 0.29) is 0 Å². The second-order valence-corrected chi connectivity index (χ2v) is 7.34. The van der Waals surface area contributed by atoms with E-state index in [0.717, 1.165) is 47.2 Å². The molecule has 5 rings (SSSR count). The zero-order valence-electron chi connectivity index (χ0n) is 13.5. The van der Waals surface area contributed by atoms with Crippen LogP contribution in [0.2, 0.25) is 0 Å². The largest absolute Gasteiger partial charge is 0.486 e. The number of hydrogen-bond acceptors (Lipinski definition) is 4. The second-order valence-electron chi connectivity index (χ2n) is 6.10. The highest BCUT2D eigenvalue weighted by atomic mass is 127. The molecule has 3 aromatic rings. The first kappa shape index (κ1) is 15.1. The molecule has 0 amide bonds. The Hall–Kier alpha value is -2.22. The average molecular weight is 445 g/mol. The Morgan fingerprint density at radius 3 is 2.64 bits per heavy atom. The molecule has 6 heteroatoms. The number of nitrogens with one attached hydrogen (secondary N) is 1. The zero-order valence-corrected chi connectivity index (χ0v) is 15.6. The van der Waals surface area contributed by atoms with E-state index >= 15 is 0 Å². The van der Waals surface area contributed by atoms with Crippen molar-refractivity contribution in [2.45, 2.75) is 6.42 Å². The minimum atomic E-state index is 0.583. The molecular weight excluding hydrogens is 429 g/mol. The van der Waals surface area contributed by atoms with Crippen LogP contribution in [0.4, 0.5) is 5.82 Å². The second kappa shape index (κ2) is 5.94. The summed E-state index contributed by atoms with van der Waals surface area (Å²) in [4.78, 5) is 0. The predicted molar refractivity (Wildman–Crippen MR) is 105 cm³/mol. The van der Waals surface area contributed by atoms with Crippen molar-refractivity contribution in [3.63, 3.8) is 0 Å². The Kier molecular flexibility index (Phi) is 3.58. The molecular formula is C19H16IN3O2. The van der Waals surface area contributed by atoms with Crippen LogP contribution in [0, 0.1) is 3.57 Å². The molecule has 25 heavy (non-hydrogen) atoms. The third kappa shape index (κ3) is 2.55. The van der Waals surface area contributed by atoms with Gasteiger partial charge in [-0.15, -0.1) is 0 Å². The van der Waals surface area contributed by atoms with Crippen LogP contribution in [0.1, 0.15) is 5.56 Å². The summed E-state index contributed by atoms with van der Waals surface area (Å²) in [6.45, 7) is 2.12. The molecule has 0 radical (unpaired) electrons. The van der Waals surface area contributed by atoms with E-state index in [9.17, 15) is 0 Å². The van der Waals surface area contributed by atoms with E-state index < -0.39 is 0 Å². The van der Waals surface area contributed by atoms with Crippen molar-refractivity contribution in [3.05, 3.63) is 51.6 Å². The Morgan fingerprint density at radius 2 is 1.80 bits per heavy atom. The number of halogens is 1. The van der Waals surface area contributed by atoms with Gasteiger partial charge in [-0.2, -0.15) is 5.10 Å². The lowest BCUT2D eigenvalue weighted by molar-refractivity contribution is 0.171. The number of benzene rings is 2. The van der Waals surface area contributed by atoms with Crippen LogP contribution in [0.3, 0.4) is 0 Å². The van der Waals surface area contributed by atoms with Crippen molar-refractivity contribution in [1.29, 1.82) is 0 Å². The van der Waals surface area contributed by atoms with Gasteiger partial charge < -0.3 is 14.8 Å². The molecule has 5 nitrogen and oxygen atoms in total. The fraction of sp³-hybridized carbons (Fsp3) is 0.211. The fourth-order valence-electron chi connectivity index (χ4n) is 3.36. The molecule has 3 heterocycles. The van der Waals surface area contributed by atoms with Crippen molar-refractivity contribution < 1.29 is 9.47 Å². The smallest absolute Gasteiger partial charge is 0.163 e. The number of rotatable bonds is 2. The van der Waals surface area contributed by atoms with E-state index in [0.29, 0.717) is 13.2 Å². The zero-order chi connectivity index (χ0) is 16.8. The van der Waals surface area contributed by atoms with Crippen LogP contribution >= 0.6 is 22.6 Å². The molecule has 0 bridgehead atoms. The highest BCUT2D eigenvalue weighted by Gasteiger charge is 2.24. The van der Waals surface area contributed by atoms with Gasteiger partial charge in [-0.05, 0) is 53.3 Å². The topological polar surface area (TPSA) is 48.3 Å². The standard InChI is InChI=1S/C19H16IN3O2/c20-13-3-1-12(2-4-13)18-15-7-8-21-19(15)23(22-18)14-5-6-16-17(11-14)25-10-9-24-16/h1-6,11,21H,7-10H2. The third-order valence-corrected chi connectivity index (χ3v) is 5.26. The van der Waals surface area contributed by atoms with Gasteiger partial charge in [-0.1, -0.05) is 12.1 Å². The maximum absolute atomic E-state index is 5.72. The van der Waals surface area contributed by atoms with Crippen molar-refractivity contribution in [2.75, 3.05) is 25.1 Å². The van der Waals surface area contributed by atoms with Crippen LogP contribution in [-0.2, 0) is 6.42 Å². The number of aromatic nitrogens is 2. The molecule has 2 aromatic carbocycles. The summed E-state index contributed by atoms with van der Waals surface area (Å²) in [6, 6.07) is 14.5. The lowest BCUT2D eigenvalue weighted by Crippen LogP contribution is -2.15. The summed E-state index contributed by atoms with van der Waals surface area (Å²) in [7, 11) is 0.